The largest absolute Gasteiger partial charge is 0.350 e. The second-order valence-corrected chi connectivity index (χ2v) is 5.05. The molecule has 1 aromatic carbocycles. The van der Waals surface area contributed by atoms with E-state index in [1.54, 1.807) is 17.1 Å². The van der Waals surface area contributed by atoms with E-state index in [9.17, 15) is 4.79 Å². The first-order valence-corrected chi connectivity index (χ1v) is 6.51. The van der Waals surface area contributed by atoms with Crippen LogP contribution in [0.5, 0.6) is 0 Å². The van der Waals surface area contributed by atoms with Crippen LogP contribution < -0.4 is 5.32 Å². The number of hydrogen-bond donors (Lipinski definition) is 1. The highest BCUT2D eigenvalue weighted by molar-refractivity contribution is 6.31. The number of hydrogen-bond acceptors (Lipinski definition) is 2. The smallest absolute Gasteiger partial charge is 0.254 e. The quantitative estimate of drug-likeness (QED) is 0.934. The molecule has 0 radical (unpaired) electrons. The zero-order valence-electron chi connectivity index (χ0n) is 10.9. The molecule has 1 N–H and O–H groups in total. The Morgan fingerprint density at radius 2 is 2.16 bits per heavy atom. The Morgan fingerprint density at radius 1 is 1.42 bits per heavy atom. The van der Waals surface area contributed by atoms with E-state index >= 15 is 0 Å². The summed E-state index contributed by atoms with van der Waals surface area (Å²) < 4.78 is 1.70. The molecule has 1 aromatic heterocycles. The number of benzene rings is 1. The van der Waals surface area contributed by atoms with Crippen molar-refractivity contribution in [3.63, 3.8) is 0 Å². The van der Waals surface area contributed by atoms with Gasteiger partial charge in [0, 0.05) is 17.3 Å². The van der Waals surface area contributed by atoms with Gasteiger partial charge in [0.25, 0.3) is 5.91 Å². The van der Waals surface area contributed by atoms with Gasteiger partial charge < -0.3 is 5.32 Å². The molecule has 0 aliphatic heterocycles. The number of nitrogens with one attached hydrogen (secondary N) is 1. The van der Waals surface area contributed by atoms with Gasteiger partial charge in [0.2, 0.25) is 0 Å². The maximum absolute atomic E-state index is 11.8. The lowest BCUT2D eigenvalue weighted by Crippen LogP contribution is -2.29. The molecular formula is C14H16ClN3O. The van der Waals surface area contributed by atoms with Gasteiger partial charge in [0.15, 0.2) is 0 Å². The number of rotatable bonds is 4. The van der Waals surface area contributed by atoms with E-state index in [1.165, 1.54) is 0 Å². The summed E-state index contributed by atoms with van der Waals surface area (Å²) in [6, 6.07) is 7.71. The van der Waals surface area contributed by atoms with Gasteiger partial charge in [0.05, 0.1) is 18.3 Å². The van der Waals surface area contributed by atoms with Crippen LogP contribution in [0.25, 0.3) is 0 Å². The molecule has 0 saturated heterocycles. The summed E-state index contributed by atoms with van der Waals surface area (Å²) in [6.45, 7) is 4.40. The number of carbonyl (C=O) groups excluding carboxylic acids is 1. The van der Waals surface area contributed by atoms with Crippen molar-refractivity contribution in [2.75, 3.05) is 0 Å². The van der Waals surface area contributed by atoms with Gasteiger partial charge in [-0.1, -0.05) is 29.8 Å². The second-order valence-electron chi connectivity index (χ2n) is 4.65. The normalized spacial score (nSPS) is 10.7. The molecule has 100 valence electrons. The third kappa shape index (κ3) is 3.58. The number of carbonyl (C=O) groups is 1. The Kier molecular flexibility index (Phi) is 4.22. The second kappa shape index (κ2) is 5.89. The average Bonchev–Trinajstić information content (AvgIpc) is 2.80. The summed E-state index contributed by atoms with van der Waals surface area (Å²) in [7, 11) is 0. The van der Waals surface area contributed by atoms with E-state index in [1.807, 2.05) is 38.1 Å². The van der Waals surface area contributed by atoms with E-state index in [-0.39, 0.29) is 11.9 Å². The van der Waals surface area contributed by atoms with Gasteiger partial charge in [-0.3, -0.25) is 9.48 Å². The van der Waals surface area contributed by atoms with Gasteiger partial charge in [-0.15, -0.1) is 0 Å². The van der Waals surface area contributed by atoms with Crippen LogP contribution in [0, 0.1) is 0 Å². The van der Waals surface area contributed by atoms with Crippen LogP contribution in [0.15, 0.2) is 36.7 Å². The molecule has 0 spiro atoms. The fourth-order valence-electron chi connectivity index (χ4n) is 1.71. The van der Waals surface area contributed by atoms with E-state index in [4.69, 9.17) is 11.6 Å². The average molecular weight is 278 g/mol. The molecule has 0 unspecified atom stereocenters. The minimum atomic E-state index is -0.111. The zero-order chi connectivity index (χ0) is 13.8. The molecule has 2 rings (SSSR count). The number of amides is 1. The van der Waals surface area contributed by atoms with E-state index in [2.05, 4.69) is 10.4 Å². The fourth-order valence-corrected chi connectivity index (χ4v) is 1.91. The fraction of sp³-hybridized carbons (Fsp3) is 0.286. The zero-order valence-corrected chi connectivity index (χ0v) is 11.7. The first-order valence-electron chi connectivity index (χ1n) is 6.13. The lowest BCUT2D eigenvalue weighted by atomic mass is 10.2. The summed E-state index contributed by atoms with van der Waals surface area (Å²) >= 11 is 6.09. The monoisotopic (exact) mass is 277 g/mol. The molecule has 0 aliphatic rings. The molecule has 5 heteroatoms. The molecular weight excluding hydrogens is 262 g/mol. The summed E-state index contributed by atoms with van der Waals surface area (Å²) in [6.07, 6.45) is 3.29. The highest BCUT2D eigenvalue weighted by Crippen LogP contribution is 2.16. The Bertz CT molecular complexity index is 578. The number of nitrogens with zero attached hydrogens (tertiary/aromatic N) is 2. The minimum Gasteiger partial charge on any atom is -0.350 e. The van der Waals surface area contributed by atoms with Crippen LogP contribution in [-0.2, 0) is 6.54 Å². The minimum absolute atomic E-state index is 0.111. The molecule has 4 nitrogen and oxygen atoms in total. The molecule has 1 amide bonds. The van der Waals surface area contributed by atoms with Crippen LogP contribution in [-0.4, -0.2) is 21.7 Å². The summed E-state index contributed by atoms with van der Waals surface area (Å²) in [5, 5.41) is 7.71. The standard InChI is InChI=1S/C14H16ClN3O/c1-10(2)17-14(19)12-7-16-18(9-12)8-11-5-3-4-6-13(11)15/h3-7,9-10H,8H2,1-2H3,(H,17,19). The van der Waals surface area contributed by atoms with E-state index in [0.29, 0.717) is 17.1 Å². The molecule has 0 atom stereocenters. The third-order valence-corrected chi connectivity index (χ3v) is 2.97. The van der Waals surface area contributed by atoms with Gasteiger partial charge in [-0.25, -0.2) is 0 Å². The lowest BCUT2D eigenvalue weighted by Gasteiger charge is -2.06. The molecule has 0 saturated carbocycles. The highest BCUT2D eigenvalue weighted by Gasteiger charge is 2.10. The van der Waals surface area contributed by atoms with Crippen LogP contribution >= 0.6 is 11.6 Å². The first-order chi connectivity index (χ1) is 9.06. The van der Waals surface area contributed by atoms with Crippen molar-refractivity contribution in [3.05, 3.63) is 52.8 Å². The maximum Gasteiger partial charge on any atom is 0.254 e. The highest BCUT2D eigenvalue weighted by atomic mass is 35.5. The first kappa shape index (κ1) is 13.6. The van der Waals surface area contributed by atoms with Crippen molar-refractivity contribution in [1.82, 2.24) is 15.1 Å². The van der Waals surface area contributed by atoms with Crippen molar-refractivity contribution < 1.29 is 4.79 Å². The summed E-state index contributed by atoms with van der Waals surface area (Å²) in [4.78, 5) is 11.8. The third-order valence-electron chi connectivity index (χ3n) is 2.61. The van der Waals surface area contributed by atoms with Gasteiger partial charge >= 0.3 is 0 Å². The van der Waals surface area contributed by atoms with Crippen molar-refractivity contribution in [1.29, 1.82) is 0 Å². The molecule has 2 aromatic rings. The molecule has 19 heavy (non-hydrogen) atoms. The van der Waals surface area contributed by atoms with Crippen LogP contribution in [0.3, 0.4) is 0 Å². The van der Waals surface area contributed by atoms with Crippen LogP contribution in [0.1, 0.15) is 29.8 Å². The predicted molar refractivity (Wildman–Crippen MR) is 75.4 cm³/mol. The molecule has 1 heterocycles. The van der Waals surface area contributed by atoms with Crippen molar-refractivity contribution >= 4 is 17.5 Å². The molecule has 0 bridgehead atoms. The Balaban J connectivity index is 2.10. The van der Waals surface area contributed by atoms with Crippen LogP contribution in [0.4, 0.5) is 0 Å². The summed E-state index contributed by atoms with van der Waals surface area (Å²) in [5.41, 5.74) is 1.53. The maximum atomic E-state index is 11.8. The van der Waals surface area contributed by atoms with Gasteiger partial charge in [-0.05, 0) is 25.5 Å². The van der Waals surface area contributed by atoms with Gasteiger partial charge in [-0.2, -0.15) is 5.10 Å². The molecule has 0 fully saturated rings. The number of halogens is 1. The van der Waals surface area contributed by atoms with Crippen molar-refractivity contribution in [2.24, 2.45) is 0 Å². The van der Waals surface area contributed by atoms with Gasteiger partial charge in [0.1, 0.15) is 0 Å². The Labute approximate surface area is 117 Å². The van der Waals surface area contributed by atoms with E-state index < -0.39 is 0 Å². The number of aromatic nitrogens is 2. The van der Waals surface area contributed by atoms with E-state index in [0.717, 1.165) is 5.56 Å². The lowest BCUT2D eigenvalue weighted by molar-refractivity contribution is 0.0943. The predicted octanol–water partition coefficient (Wildman–Crippen LogP) is 2.72. The topological polar surface area (TPSA) is 46.9 Å². The summed E-state index contributed by atoms with van der Waals surface area (Å²) in [5.74, 6) is -0.111. The van der Waals surface area contributed by atoms with Crippen LogP contribution in [0.2, 0.25) is 5.02 Å². The van der Waals surface area contributed by atoms with Crippen molar-refractivity contribution in [3.8, 4) is 0 Å². The Hall–Kier alpha value is -1.81. The Morgan fingerprint density at radius 3 is 2.84 bits per heavy atom. The molecule has 0 aliphatic carbocycles. The van der Waals surface area contributed by atoms with Crippen molar-refractivity contribution in [2.45, 2.75) is 26.4 Å². The SMILES string of the molecule is CC(C)NC(=O)c1cnn(Cc2ccccc2Cl)c1.